The fraction of sp³-hybridized carbons (Fsp3) is 0.810. The van der Waals surface area contributed by atoms with E-state index in [1.54, 1.807) is 7.05 Å². The number of nitrogens with zero attached hydrogens (tertiary/aromatic N) is 3. The number of rotatable bonds is 10. The van der Waals surface area contributed by atoms with Gasteiger partial charge in [-0.3, -0.25) is 4.99 Å². The molecule has 0 aliphatic carbocycles. The number of nitrogens with one attached hydrogen (secondary N) is 3. The van der Waals surface area contributed by atoms with Gasteiger partial charge in [-0.05, 0) is 40.0 Å². The molecule has 1 rings (SSSR count). The summed E-state index contributed by atoms with van der Waals surface area (Å²) in [6.07, 6.45) is 2.67. The molecule has 0 saturated heterocycles. The summed E-state index contributed by atoms with van der Waals surface area (Å²) in [6, 6.07) is 0. The molecule has 1 heterocycles. The highest BCUT2D eigenvalue weighted by Crippen LogP contribution is 2.16. The van der Waals surface area contributed by atoms with Crippen LogP contribution in [0.25, 0.3) is 0 Å². The summed E-state index contributed by atoms with van der Waals surface area (Å²) in [5.74, 6) is 2.33. The molecule has 3 N–H and O–H groups in total. The Labute approximate surface area is 180 Å². The Hall–Kier alpha value is -2.32. The fourth-order valence-corrected chi connectivity index (χ4v) is 2.77. The van der Waals surface area contributed by atoms with E-state index in [1.807, 2.05) is 34.6 Å². The summed E-state index contributed by atoms with van der Waals surface area (Å²) in [4.78, 5) is 20.9. The molecule has 30 heavy (non-hydrogen) atoms. The zero-order valence-electron chi connectivity index (χ0n) is 19.9. The number of hydrogen-bond acceptors (Lipinski definition) is 6. The summed E-state index contributed by atoms with van der Waals surface area (Å²) in [5, 5.41) is 13.6. The van der Waals surface area contributed by atoms with Crippen LogP contribution in [0, 0.1) is 0 Å². The van der Waals surface area contributed by atoms with E-state index in [0.717, 1.165) is 25.1 Å². The van der Waals surface area contributed by atoms with Crippen LogP contribution in [0.15, 0.2) is 9.52 Å². The monoisotopic (exact) mass is 424 g/mol. The van der Waals surface area contributed by atoms with Gasteiger partial charge in [-0.2, -0.15) is 4.98 Å². The van der Waals surface area contributed by atoms with Gasteiger partial charge < -0.3 is 25.2 Å². The van der Waals surface area contributed by atoms with E-state index < -0.39 is 17.2 Å². The van der Waals surface area contributed by atoms with E-state index in [4.69, 9.17) is 9.26 Å². The van der Waals surface area contributed by atoms with Crippen LogP contribution >= 0.6 is 0 Å². The second-order valence-electron chi connectivity index (χ2n) is 8.77. The van der Waals surface area contributed by atoms with E-state index in [1.165, 1.54) is 0 Å². The van der Waals surface area contributed by atoms with E-state index in [-0.39, 0.29) is 5.92 Å². The van der Waals surface area contributed by atoms with Gasteiger partial charge in [0, 0.05) is 32.5 Å². The first kappa shape index (κ1) is 25.7. The van der Waals surface area contributed by atoms with Crippen molar-refractivity contribution in [2.75, 3.05) is 20.1 Å². The third kappa shape index (κ3) is 9.00. The molecule has 0 aliphatic heterocycles. The number of hydrogen-bond donors (Lipinski definition) is 3. The predicted octanol–water partition coefficient (Wildman–Crippen LogP) is 3.37. The maximum Gasteiger partial charge on any atom is 0.408 e. The van der Waals surface area contributed by atoms with Crippen molar-refractivity contribution in [1.29, 1.82) is 0 Å². The van der Waals surface area contributed by atoms with Crippen molar-refractivity contribution in [2.24, 2.45) is 4.99 Å². The van der Waals surface area contributed by atoms with Gasteiger partial charge in [-0.1, -0.05) is 32.9 Å². The number of aryl methyl sites for hydroxylation is 1. The van der Waals surface area contributed by atoms with Gasteiger partial charge in [0.25, 0.3) is 0 Å². The largest absolute Gasteiger partial charge is 0.444 e. The van der Waals surface area contributed by atoms with Crippen LogP contribution in [0.3, 0.4) is 0 Å². The molecular formula is C21H40N6O3. The fourth-order valence-electron chi connectivity index (χ4n) is 2.77. The maximum absolute atomic E-state index is 12.3. The lowest BCUT2D eigenvalue weighted by Crippen LogP contribution is -2.57. The minimum Gasteiger partial charge on any atom is -0.444 e. The van der Waals surface area contributed by atoms with Crippen molar-refractivity contribution in [3.8, 4) is 0 Å². The number of ether oxygens (including phenoxy) is 1. The molecule has 1 aromatic rings. The van der Waals surface area contributed by atoms with Crippen LogP contribution in [-0.2, 0) is 11.2 Å². The molecule has 0 aliphatic rings. The standard InChI is InChI=1S/C21H40N6O3/c1-9-21(10-2,26-19(28)29-20(5,6)7)14-24-18(22-8)23-13-11-12-16-25-17(15(3)4)27-30-16/h15H,9-14H2,1-8H3,(H,26,28)(H2,22,23,24). The maximum atomic E-state index is 12.3. The molecule has 1 amide bonds. The molecule has 9 heteroatoms. The Morgan fingerprint density at radius 3 is 2.37 bits per heavy atom. The number of aromatic nitrogens is 2. The number of amides is 1. The van der Waals surface area contributed by atoms with Gasteiger partial charge in [0.1, 0.15) is 5.60 Å². The van der Waals surface area contributed by atoms with E-state index in [2.05, 4.69) is 44.9 Å². The topological polar surface area (TPSA) is 114 Å². The number of guanidine groups is 1. The Bertz CT molecular complexity index is 675. The molecule has 0 unspecified atom stereocenters. The van der Waals surface area contributed by atoms with Crippen molar-refractivity contribution in [3.05, 3.63) is 11.7 Å². The van der Waals surface area contributed by atoms with Gasteiger partial charge in [0.15, 0.2) is 11.8 Å². The quantitative estimate of drug-likeness (QED) is 0.300. The number of aliphatic imine (C=N–C) groups is 1. The molecule has 0 saturated carbocycles. The molecule has 0 bridgehead atoms. The van der Waals surface area contributed by atoms with Crippen molar-refractivity contribution in [2.45, 2.75) is 91.2 Å². The first-order valence-corrected chi connectivity index (χ1v) is 10.8. The highest BCUT2D eigenvalue weighted by molar-refractivity contribution is 5.79. The Kier molecular flexibility index (Phi) is 10.1. The van der Waals surface area contributed by atoms with Crippen LogP contribution in [0.1, 0.15) is 85.4 Å². The van der Waals surface area contributed by atoms with E-state index in [0.29, 0.717) is 31.4 Å². The lowest BCUT2D eigenvalue weighted by Gasteiger charge is -2.34. The summed E-state index contributed by atoms with van der Waals surface area (Å²) in [6.45, 7) is 15.0. The molecule has 0 spiro atoms. The van der Waals surface area contributed by atoms with Crippen LogP contribution in [0.5, 0.6) is 0 Å². The predicted molar refractivity (Wildman–Crippen MR) is 119 cm³/mol. The molecule has 9 nitrogen and oxygen atoms in total. The van der Waals surface area contributed by atoms with Crippen LogP contribution < -0.4 is 16.0 Å². The smallest absolute Gasteiger partial charge is 0.408 e. The summed E-state index contributed by atoms with van der Waals surface area (Å²) in [7, 11) is 1.73. The number of alkyl carbamates (subject to hydrolysis) is 1. The highest BCUT2D eigenvalue weighted by atomic mass is 16.6. The zero-order valence-corrected chi connectivity index (χ0v) is 19.9. The van der Waals surface area contributed by atoms with Crippen molar-refractivity contribution < 1.29 is 14.1 Å². The van der Waals surface area contributed by atoms with Crippen LogP contribution in [-0.4, -0.2) is 53.5 Å². The molecule has 0 atom stereocenters. The van der Waals surface area contributed by atoms with Crippen molar-refractivity contribution in [3.63, 3.8) is 0 Å². The second kappa shape index (κ2) is 11.8. The average molecular weight is 425 g/mol. The van der Waals surface area contributed by atoms with Crippen LogP contribution in [0.2, 0.25) is 0 Å². The minimum atomic E-state index is -0.531. The van der Waals surface area contributed by atoms with Gasteiger partial charge in [-0.15, -0.1) is 0 Å². The lowest BCUT2D eigenvalue weighted by molar-refractivity contribution is 0.0448. The summed E-state index contributed by atoms with van der Waals surface area (Å²) in [5.41, 5.74) is -0.951. The highest BCUT2D eigenvalue weighted by Gasteiger charge is 2.30. The second-order valence-corrected chi connectivity index (χ2v) is 8.77. The lowest BCUT2D eigenvalue weighted by atomic mass is 9.93. The van der Waals surface area contributed by atoms with E-state index >= 15 is 0 Å². The molecule has 0 aromatic carbocycles. The Morgan fingerprint density at radius 1 is 1.20 bits per heavy atom. The molecule has 0 radical (unpaired) electrons. The Morgan fingerprint density at radius 2 is 1.87 bits per heavy atom. The SMILES string of the molecule is CCC(CC)(CNC(=NC)NCCCc1nc(C(C)C)no1)NC(=O)OC(C)(C)C. The van der Waals surface area contributed by atoms with Gasteiger partial charge in [0.2, 0.25) is 5.89 Å². The Balaban J connectivity index is 2.49. The van der Waals surface area contributed by atoms with Gasteiger partial charge >= 0.3 is 6.09 Å². The normalized spacial score (nSPS) is 12.8. The number of carbonyl (C=O) groups is 1. The average Bonchev–Trinajstić information content (AvgIpc) is 3.14. The third-order valence-corrected chi connectivity index (χ3v) is 4.80. The molecule has 1 aromatic heterocycles. The minimum absolute atomic E-state index is 0.260. The van der Waals surface area contributed by atoms with Gasteiger partial charge in [-0.25, -0.2) is 4.79 Å². The summed E-state index contributed by atoms with van der Waals surface area (Å²) >= 11 is 0. The molecule has 172 valence electrons. The van der Waals surface area contributed by atoms with Gasteiger partial charge in [0.05, 0.1) is 5.54 Å². The van der Waals surface area contributed by atoms with Crippen molar-refractivity contribution >= 4 is 12.1 Å². The zero-order chi connectivity index (χ0) is 22.8. The summed E-state index contributed by atoms with van der Waals surface area (Å²) < 4.78 is 10.7. The number of carbonyl (C=O) groups excluding carboxylic acids is 1. The molecule has 0 fully saturated rings. The van der Waals surface area contributed by atoms with E-state index in [9.17, 15) is 4.79 Å². The first-order chi connectivity index (χ1) is 14.0. The first-order valence-electron chi connectivity index (χ1n) is 10.8. The van der Waals surface area contributed by atoms with Crippen molar-refractivity contribution in [1.82, 2.24) is 26.1 Å². The van der Waals surface area contributed by atoms with Crippen LogP contribution in [0.4, 0.5) is 4.79 Å². The third-order valence-electron chi connectivity index (χ3n) is 4.80. The molecular weight excluding hydrogens is 384 g/mol.